The molecule has 0 atom stereocenters. The van der Waals surface area contributed by atoms with Crippen molar-refractivity contribution in [1.82, 2.24) is 0 Å². The Morgan fingerprint density at radius 3 is 2.61 bits per heavy atom. The van der Waals surface area contributed by atoms with Gasteiger partial charge in [-0.25, -0.2) is 0 Å². The predicted octanol–water partition coefficient (Wildman–Crippen LogP) is 3.40. The summed E-state index contributed by atoms with van der Waals surface area (Å²) in [5.74, 6) is -0.302. The van der Waals surface area contributed by atoms with Crippen molar-refractivity contribution in [3.05, 3.63) is 64.7 Å². The molecule has 0 fully saturated rings. The number of hydrogen-bond donors (Lipinski definition) is 1. The maximum absolute atomic E-state index is 12.0. The van der Waals surface area contributed by atoms with Crippen molar-refractivity contribution < 1.29 is 9.59 Å². The van der Waals surface area contributed by atoms with Crippen LogP contribution in [0.15, 0.2) is 48.5 Å². The molecule has 90 valence electrons. The van der Waals surface area contributed by atoms with E-state index in [1.54, 1.807) is 48.5 Å². The van der Waals surface area contributed by atoms with Crippen LogP contribution in [0.2, 0.25) is 5.02 Å². The lowest BCUT2D eigenvalue weighted by Crippen LogP contribution is -2.12. The van der Waals surface area contributed by atoms with Gasteiger partial charge in [0.1, 0.15) is 6.29 Å². The summed E-state index contributed by atoms with van der Waals surface area (Å²) >= 11 is 5.93. The first kappa shape index (κ1) is 12.3. The molecule has 2 aromatic rings. The molecule has 0 saturated carbocycles. The maximum atomic E-state index is 12.0. The molecule has 0 aromatic heterocycles. The SMILES string of the molecule is O=Cc1cccc(NC(=O)c2ccccc2Cl)c1. The van der Waals surface area contributed by atoms with Crippen LogP contribution < -0.4 is 5.32 Å². The molecule has 4 heteroatoms. The lowest BCUT2D eigenvalue weighted by atomic mass is 10.2. The minimum atomic E-state index is -0.302. The van der Waals surface area contributed by atoms with Crippen LogP contribution in [-0.4, -0.2) is 12.2 Å². The van der Waals surface area contributed by atoms with Gasteiger partial charge in [0.15, 0.2) is 0 Å². The molecule has 0 aliphatic heterocycles. The molecule has 0 unspecified atom stereocenters. The molecule has 18 heavy (non-hydrogen) atoms. The topological polar surface area (TPSA) is 46.2 Å². The summed E-state index contributed by atoms with van der Waals surface area (Å²) in [4.78, 5) is 22.6. The van der Waals surface area contributed by atoms with Crippen molar-refractivity contribution in [2.24, 2.45) is 0 Å². The van der Waals surface area contributed by atoms with Crippen LogP contribution in [0.3, 0.4) is 0 Å². The highest BCUT2D eigenvalue weighted by atomic mass is 35.5. The quantitative estimate of drug-likeness (QED) is 0.859. The molecule has 2 rings (SSSR count). The van der Waals surface area contributed by atoms with Gasteiger partial charge in [-0.05, 0) is 24.3 Å². The number of amides is 1. The second-order valence-corrected chi connectivity index (χ2v) is 4.08. The van der Waals surface area contributed by atoms with Gasteiger partial charge < -0.3 is 5.32 Å². The standard InChI is InChI=1S/C14H10ClNO2/c15-13-7-2-1-6-12(13)14(18)16-11-5-3-4-10(8-11)9-17/h1-9H,(H,16,18). The van der Waals surface area contributed by atoms with Crippen molar-refractivity contribution in [1.29, 1.82) is 0 Å². The second kappa shape index (κ2) is 5.47. The number of hydrogen-bond acceptors (Lipinski definition) is 2. The minimum Gasteiger partial charge on any atom is -0.322 e. The van der Waals surface area contributed by atoms with E-state index in [2.05, 4.69) is 5.32 Å². The van der Waals surface area contributed by atoms with Crippen LogP contribution in [0.5, 0.6) is 0 Å². The summed E-state index contributed by atoms with van der Waals surface area (Å²) < 4.78 is 0. The predicted molar refractivity (Wildman–Crippen MR) is 71.2 cm³/mol. The zero-order valence-corrected chi connectivity index (χ0v) is 10.1. The summed E-state index contributed by atoms with van der Waals surface area (Å²) in [6.45, 7) is 0. The van der Waals surface area contributed by atoms with Gasteiger partial charge in [-0.1, -0.05) is 35.9 Å². The van der Waals surface area contributed by atoms with E-state index in [4.69, 9.17) is 11.6 Å². The van der Waals surface area contributed by atoms with Crippen LogP contribution in [-0.2, 0) is 0 Å². The zero-order chi connectivity index (χ0) is 13.0. The highest BCUT2D eigenvalue weighted by Gasteiger charge is 2.09. The number of aldehydes is 1. The molecule has 1 N–H and O–H groups in total. The van der Waals surface area contributed by atoms with Gasteiger partial charge in [0.2, 0.25) is 0 Å². The monoisotopic (exact) mass is 259 g/mol. The van der Waals surface area contributed by atoms with E-state index in [-0.39, 0.29) is 5.91 Å². The fourth-order valence-electron chi connectivity index (χ4n) is 1.53. The summed E-state index contributed by atoms with van der Waals surface area (Å²) in [5, 5.41) is 3.08. The van der Waals surface area contributed by atoms with Crippen LogP contribution in [0, 0.1) is 0 Å². The van der Waals surface area contributed by atoms with Crippen LogP contribution in [0.4, 0.5) is 5.69 Å². The number of halogens is 1. The highest BCUT2D eigenvalue weighted by molar-refractivity contribution is 6.34. The number of rotatable bonds is 3. The molecule has 1 amide bonds. The van der Waals surface area contributed by atoms with Gasteiger partial charge in [0.05, 0.1) is 10.6 Å². The van der Waals surface area contributed by atoms with E-state index < -0.39 is 0 Å². The van der Waals surface area contributed by atoms with E-state index in [0.29, 0.717) is 21.8 Å². The Kier molecular flexibility index (Phi) is 3.75. The molecule has 3 nitrogen and oxygen atoms in total. The highest BCUT2D eigenvalue weighted by Crippen LogP contribution is 2.17. The van der Waals surface area contributed by atoms with E-state index in [9.17, 15) is 9.59 Å². The van der Waals surface area contributed by atoms with Crippen molar-refractivity contribution in [3.8, 4) is 0 Å². The van der Waals surface area contributed by atoms with Crippen LogP contribution >= 0.6 is 11.6 Å². The lowest BCUT2D eigenvalue weighted by Gasteiger charge is -2.06. The van der Waals surface area contributed by atoms with Gasteiger partial charge in [-0.15, -0.1) is 0 Å². The molecule has 0 aliphatic rings. The van der Waals surface area contributed by atoms with Gasteiger partial charge in [0.25, 0.3) is 5.91 Å². The van der Waals surface area contributed by atoms with Crippen molar-refractivity contribution in [3.63, 3.8) is 0 Å². The normalized spacial score (nSPS) is 9.83. The van der Waals surface area contributed by atoms with E-state index in [1.807, 2.05) is 0 Å². The fourth-order valence-corrected chi connectivity index (χ4v) is 1.76. The molecule has 0 heterocycles. The largest absolute Gasteiger partial charge is 0.322 e. The minimum absolute atomic E-state index is 0.302. The second-order valence-electron chi connectivity index (χ2n) is 3.68. The molecule has 0 aliphatic carbocycles. The van der Waals surface area contributed by atoms with Gasteiger partial charge >= 0.3 is 0 Å². The molecule has 0 spiro atoms. The van der Waals surface area contributed by atoms with Crippen LogP contribution in [0.25, 0.3) is 0 Å². The molecular formula is C14H10ClNO2. The molecule has 0 radical (unpaired) electrons. The smallest absolute Gasteiger partial charge is 0.257 e. The zero-order valence-electron chi connectivity index (χ0n) is 9.39. The number of anilines is 1. The van der Waals surface area contributed by atoms with Crippen molar-refractivity contribution >= 4 is 29.5 Å². The summed E-state index contributed by atoms with van der Waals surface area (Å²) in [6.07, 6.45) is 0.727. The number of carbonyl (C=O) groups is 2. The molecule has 2 aromatic carbocycles. The first-order valence-corrected chi connectivity index (χ1v) is 5.69. The Morgan fingerprint density at radius 1 is 1.11 bits per heavy atom. The molecule has 0 saturated heterocycles. The average molecular weight is 260 g/mol. The Bertz CT molecular complexity index is 596. The van der Waals surface area contributed by atoms with Gasteiger partial charge in [-0.3, -0.25) is 9.59 Å². The first-order valence-electron chi connectivity index (χ1n) is 5.32. The number of carbonyl (C=O) groups excluding carboxylic acids is 2. The lowest BCUT2D eigenvalue weighted by molar-refractivity contribution is 0.102. The Morgan fingerprint density at radius 2 is 1.89 bits per heavy atom. The van der Waals surface area contributed by atoms with E-state index in [0.717, 1.165) is 6.29 Å². The average Bonchev–Trinajstić information content (AvgIpc) is 2.39. The van der Waals surface area contributed by atoms with Gasteiger partial charge in [-0.2, -0.15) is 0 Å². The number of benzene rings is 2. The molecular weight excluding hydrogens is 250 g/mol. The first-order chi connectivity index (χ1) is 8.70. The summed E-state index contributed by atoms with van der Waals surface area (Å²) in [5.41, 5.74) is 1.46. The Hall–Kier alpha value is -2.13. The molecule has 0 bridgehead atoms. The van der Waals surface area contributed by atoms with Crippen molar-refractivity contribution in [2.75, 3.05) is 5.32 Å². The third-order valence-corrected chi connectivity index (χ3v) is 2.73. The fraction of sp³-hybridized carbons (Fsp3) is 0. The third-order valence-electron chi connectivity index (χ3n) is 2.40. The number of nitrogens with one attached hydrogen (secondary N) is 1. The third kappa shape index (κ3) is 2.76. The van der Waals surface area contributed by atoms with Crippen molar-refractivity contribution in [2.45, 2.75) is 0 Å². The van der Waals surface area contributed by atoms with Crippen LogP contribution in [0.1, 0.15) is 20.7 Å². The Balaban J connectivity index is 2.21. The Labute approximate surface area is 109 Å². The summed E-state index contributed by atoms with van der Waals surface area (Å²) in [6, 6.07) is 13.5. The maximum Gasteiger partial charge on any atom is 0.257 e. The van der Waals surface area contributed by atoms with E-state index in [1.165, 1.54) is 0 Å². The summed E-state index contributed by atoms with van der Waals surface area (Å²) in [7, 11) is 0. The van der Waals surface area contributed by atoms with E-state index >= 15 is 0 Å². The van der Waals surface area contributed by atoms with Gasteiger partial charge in [0, 0.05) is 11.3 Å².